The second-order valence-electron chi connectivity index (χ2n) is 4.07. The van der Waals surface area contributed by atoms with Crippen LogP contribution < -0.4 is 5.32 Å². The normalized spacial score (nSPS) is 12.8. The molecule has 0 aliphatic heterocycles. The highest BCUT2D eigenvalue weighted by Gasteiger charge is 2.09. The molecule has 0 bridgehead atoms. The third-order valence-electron chi connectivity index (χ3n) is 2.72. The summed E-state index contributed by atoms with van der Waals surface area (Å²) in [5.41, 5.74) is 1.88. The molecule has 0 radical (unpaired) electrons. The Hall–Kier alpha value is -1.66. The van der Waals surface area contributed by atoms with Crippen molar-refractivity contribution in [3.8, 4) is 0 Å². The fraction of sp³-hybridized carbons (Fsp3) is 0.500. The number of ether oxygens (including phenoxy) is 2. The summed E-state index contributed by atoms with van der Waals surface area (Å²) in [7, 11) is 3.31. The maximum absolute atomic E-state index is 5.26. The Kier molecular flexibility index (Phi) is 4.11. The van der Waals surface area contributed by atoms with Crippen molar-refractivity contribution in [2.24, 2.45) is 0 Å². The minimum atomic E-state index is -0.0114. The third kappa shape index (κ3) is 2.77. The van der Waals surface area contributed by atoms with E-state index in [9.17, 15) is 0 Å². The van der Waals surface area contributed by atoms with Gasteiger partial charge in [0.15, 0.2) is 5.65 Å². The molecule has 2 aromatic rings. The van der Waals surface area contributed by atoms with Gasteiger partial charge in [0.2, 0.25) is 5.95 Å². The van der Waals surface area contributed by atoms with Gasteiger partial charge in [0, 0.05) is 26.5 Å². The van der Waals surface area contributed by atoms with Crippen LogP contribution in [0.4, 0.5) is 5.95 Å². The summed E-state index contributed by atoms with van der Waals surface area (Å²) in [4.78, 5) is 4.38. The van der Waals surface area contributed by atoms with Crippen LogP contribution >= 0.6 is 0 Å². The van der Waals surface area contributed by atoms with Gasteiger partial charge in [-0.05, 0) is 19.1 Å². The smallest absolute Gasteiger partial charge is 0.243 e. The number of nitrogens with zero attached hydrogens (tertiary/aromatic N) is 3. The van der Waals surface area contributed by atoms with E-state index in [4.69, 9.17) is 9.47 Å². The Morgan fingerprint density at radius 3 is 2.89 bits per heavy atom. The molecule has 0 amide bonds. The quantitative estimate of drug-likeness (QED) is 0.832. The molecule has 0 spiro atoms. The largest absolute Gasteiger partial charge is 0.382 e. The predicted octanol–water partition coefficient (Wildman–Crippen LogP) is 1.11. The lowest BCUT2D eigenvalue weighted by atomic mass is 10.4. The summed E-state index contributed by atoms with van der Waals surface area (Å²) < 4.78 is 12.1. The van der Waals surface area contributed by atoms with Gasteiger partial charge < -0.3 is 14.8 Å². The van der Waals surface area contributed by atoms with Crippen LogP contribution in [0, 0.1) is 6.92 Å². The van der Waals surface area contributed by atoms with Gasteiger partial charge in [-0.2, -0.15) is 4.98 Å². The lowest BCUT2D eigenvalue weighted by Gasteiger charge is -2.13. The minimum absolute atomic E-state index is 0.0114. The number of hydrogen-bond acceptors (Lipinski definition) is 5. The SMILES string of the molecule is COCC(CNc1nc2cccc(C)n2n1)OC. The molecule has 0 fully saturated rings. The fourth-order valence-corrected chi connectivity index (χ4v) is 1.71. The maximum atomic E-state index is 5.26. The summed E-state index contributed by atoms with van der Waals surface area (Å²) >= 11 is 0. The number of fused-ring (bicyclic) bond motifs is 1. The van der Waals surface area contributed by atoms with Crippen LogP contribution in [-0.2, 0) is 9.47 Å². The van der Waals surface area contributed by atoms with Gasteiger partial charge in [-0.25, -0.2) is 4.52 Å². The highest BCUT2D eigenvalue weighted by molar-refractivity contribution is 5.44. The van der Waals surface area contributed by atoms with Gasteiger partial charge in [-0.15, -0.1) is 5.10 Å². The van der Waals surface area contributed by atoms with E-state index in [1.165, 1.54) is 0 Å². The summed E-state index contributed by atoms with van der Waals surface area (Å²) in [6.07, 6.45) is -0.0114. The predicted molar refractivity (Wildman–Crippen MR) is 68.9 cm³/mol. The average molecular weight is 250 g/mol. The Balaban J connectivity index is 2.06. The topological polar surface area (TPSA) is 60.7 Å². The first-order chi connectivity index (χ1) is 8.74. The van der Waals surface area contributed by atoms with Crippen molar-refractivity contribution in [1.82, 2.24) is 14.6 Å². The molecule has 0 saturated heterocycles. The first-order valence-corrected chi connectivity index (χ1v) is 5.82. The Bertz CT molecular complexity index is 512. The minimum Gasteiger partial charge on any atom is -0.382 e. The van der Waals surface area contributed by atoms with Crippen LogP contribution in [-0.4, -0.2) is 48.1 Å². The maximum Gasteiger partial charge on any atom is 0.243 e. The highest BCUT2D eigenvalue weighted by atomic mass is 16.5. The standard InChI is InChI=1S/C12H18N4O2/c1-9-5-4-6-11-14-12(15-16(9)11)13-7-10(18-3)8-17-2/h4-6,10H,7-8H2,1-3H3,(H,13,15). The molecule has 6 nitrogen and oxygen atoms in total. The third-order valence-corrected chi connectivity index (χ3v) is 2.72. The lowest BCUT2D eigenvalue weighted by Crippen LogP contribution is -2.26. The van der Waals surface area contributed by atoms with Crippen LogP contribution in [0.3, 0.4) is 0 Å². The van der Waals surface area contributed by atoms with E-state index >= 15 is 0 Å². The first kappa shape index (κ1) is 12.8. The molecule has 1 N–H and O–H groups in total. The molecular formula is C12H18N4O2. The van der Waals surface area contributed by atoms with Crippen molar-refractivity contribution in [2.45, 2.75) is 13.0 Å². The Morgan fingerprint density at radius 1 is 1.39 bits per heavy atom. The number of hydrogen-bond donors (Lipinski definition) is 1. The monoisotopic (exact) mass is 250 g/mol. The van der Waals surface area contributed by atoms with E-state index < -0.39 is 0 Å². The van der Waals surface area contributed by atoms with Gasteiger partial charge >= 0.3 is 0 Å². The molecule has 98 valence electrons. The molecule has 0 aliphatic rings. The van der Waals surface area contributed by atoms with Crippen molar-refractivity contribution in [3.05, 3.63) is 23.9 Å². The van der Waals surface area contributed by atoms with Gasteiger partial charge in [0.25, 0.3) is 0 Å². The van der Waals surface area contributed by atoms with E-state index in [1.807, 2.05) is 25.1 Å². The molecule has 2 rings (SSSR count). The van der Waals surface area contributed by atoms with Gasteiger partial charge in [0.1, 0.15) is 0 Å². The van der Waals surface area contributed by atoms with Crippen LogP contribution in [0.25, 0.3) is 5.65 Å². The molecule has 1 unspecified atom stereocenters. The Labute approximate surface area is 106 Å². The molecule has 2 heterocycles. The van der Waals surface area contributed by atoms with Crippen LogP contribution in [0.2, 0.25) is 0 Å². The van der Waals surface area contributed by atoms with Crippen molar-refractivity contribution in [1.29, 1.82) is 0 Å². The molecule has 0 aliphatic carbocycles. The lowest BCUT2D eigenvalue weighted by molar-refractivity contribution is 0.0365. The van der Waals surface area contributed by atoms with Crippen molar-refractivity contribution in [3.63, 3.8) is 0 Å². The number of aryl methyl sites for hydroxylation is 1. The highest BCUT2D eigenvalue weighted by Crippen LogP contribution is 2.08. The zero-order valence-corrected chi connectivity index (χ0v) is 10.9. The summed E-state index contributed by atoms with van der Waals surface area (Å²) in [5, 5.41) is 7.53. The second-order valence-corrected chi connectivity index (χ2v) is 4.07. The molecule has 0 saturated carbocycles. The van der Waals surface area contributed by atoms with E-state index in [0.29, 0.717) is 19.1 Å². The Morgan fingerprint density at radius 2 is 2.22 bits per heavy atom. The number of methoxy groups -OCH3 is 2. The first-order valence-electron chi connectivity index (χ1n) is 5.82. The van der Waals surface area contributed by atoms with Crippen LogP contribution in [0.1, 0.15) is 5.69 Å². The number of aromatic nitrogens is 3. The summed E-state index contributed by atoms with van der Waals surface area (Å²) in [5.74, 6) is 0.599. The van der Waals surface area contributed by atoms with E-state index in [2.05, 4.69) is 15.4 Å². The van der Waals surface area contributed by atoms with Crippen molar-refractivity contribution < 1.29 is 9.47 Å². The molecule has 6 heteroatoms. The number of anilines is 1. The zero-order valence-electron chi connectivity index (χ0n) is 10.9. The molecule has 2 aromatic heterocycles. The van der Waals surface area contributed by atoms with E-state index in [-0.39, 0.29) is 6.10 Å². The molecule has 18 heavy (non-hydrogen) atoms. The van der Waals surface area contributed by atoms with Gasteiger partial charge in [0.05, 0.1) is 12.7 Å². The fourth-order valence-electron chi connectivity index (χ4n) is 1.71. The van der Waals surface area contributed by atoms with E-state index in [0.717, 1.165) is 11.3 Å². The number of pyridine rings is 1. The van der Waals surface area contributed by atoms with Crippen LogP contribution in [0.5, 0.6) is 0 Å². The van der Waals surface area contributed by atoms with Gasteiger partial charge in [-0.1, -0.05) is 6.07 Å². The number of nitrogens with one attached hydrogen (secondary N) is 1. The van der Waals surface area contributed by atoms with Crippen molar-refractivity contribution in [2.75, 3.05) is 32.7 Å². The summed E-state index contributed by atoms with van der Waals surface area (Å²) in [6, 6.07) is 5.88. The molecule has 1 atom stereocenters. The zero-order chi connectivity index (χ0) is 13.0. The summed E-state index contributed by atoms with van der Waals surface area (Å²) in [6.45, 7) is 3.14. The van der Waals surface area contributed by atoms with Crippen molar-refractivity contribution >= 4 is 11.6 Å². The second kappa shape index (κ2) is 5.79. The number of rotatable bonds is 6. The average Bonchev–Trinajstić information content (AvgIpc) is 2.79. The van der Waals surface area contributed by atoms with Crippen LogP contribution in [0.15, 0.2) is 18.2 Å². The molecule has 0 aromatic carbocycles. The van der Waals surface area contributed by atoms with E-state index in [1.54, 1.807) is 18.7 Å². The van der Waals surface area contributed by atoms with Gasteiger partial charge in [-0.3, -0.25) is 0 Å². The molecular weight excluding hydrogens is 232 g/mol.